The summed E-state index contributed by atoms with van der Waals surface area (Å²) in [5.41, 5.74) is 11.3. The number of alkyl halides is 1. The SMILES string of the molecule is CO[C@H](c1ccc(C2=CCN(S(C)(=O)=O)CC2)cc1)[C@@H](CF)N=[N+]=[N-]. The van der Waals surface area contributed by atoms with E-state index in [1.165, 1.54) is 17.7 Å². The molecule has 0 aliphatic carbocycles. The van der Waals surface area contributed by atoms with Crippen LogP contribution in [0.1, 0.15) is 23.7 Å². The van der Waals surface area contributed by atoms with Gasteiger partial charge in [-0.3, -0.25) is 4.39 Å². The van der Waals surface area contributed by atoms with Gasteiger partial charge in [-0.25, -0.2) is 8.42 Å². The van der Waals surface area contributed by atoms with E-state index in [0.29, 0.717) is 19.5 Å². The van der Waals surface area contributed by atoms with Gasteiger partial charge in [0.25, 0.3) is 0 Å². The van der Waals surface area contributed by atoms with Crippen molar-refractivity contribution < 1.29 is 17.5 Å². The number of halogens is 1. The van der Waals surface area contributed by atoms with E-state index < -0.39 is 28.8 Å². The monoisotopic (exact) mass is 368 g/mol. The van der Waals surface area contributed by atoms with Crippen molar-refractivity contribution in [2.24, 2.45) is 5.11 Å². The van der Waals surface area contributed by atoms with Gasteiger partial charge in [-0.15, -0.1) is 0 Å². The highest BCUT2D eigenvalue weighted by Crippen LogP contribution is 2.28. The third-order valence-electron chi connectivity index (χ3n) is 4.21. The van der Waals surface area contributed by atoms with E-state index in [1.54, 1.807) is 0 Å². The molecular weight excluding hydrogens is 347 g/mol. The first-order chi connectivity index (χ1) is 11.9. The molecule has 1 aromatic rings. The van der Waals surface area contributed by atoms with Crippen LogP contribution >= 0.6 is 0 Å². The molecule has 0 spiro atoms. The van der Waals surface area contributed by atoms with E-state index in [-0.39, 0.29) is 0 Å². The molecule has 1 aliphatic rings. The van der Waals surface area contributed by atoms with Crippen molar-refractivity contribution in [3.8, 4) is 0 Å². The van der Waals surface area contributed by atoms with Gasteiger partial charge in [0, 0.05) is 25.1 Å². The fraction of sp³-hybridized carbons (Fsp3) is 0.500. The van der Waals surface area contributed by atoms with Crippen LogP contribution in [0.3, 0.4) is 0 Å². The first-order valence-corrected chi connectivity index (χ1v) is 9.63. The highest BCUT2D eigenvalue weighted by Gasteiger charge is 2.23. The van der Waals surface area contributed by atoms with Crippen LogP contribution < -0.4 is 0 Å². The first-order valence-electron chi connectivity index (χ1n) is 7.78. The van der Waals surface area contributed by atoms with Crippen LogP contribution in [0, 0.1) is 0 Å². The summed E-state index contributed by atoms with van der Waals surface area (Å²) in [6.07, 6.45) is 3.08. The molecule has 7 nitrogen and oxygen atoms in total. The predicted molar refractivity (Wildman–Crippen MR) is 94.1 cm³/mol. The van der Waals surface area contributed by atoms with Crippen LogP contribution in [0.5, 0.6) is 0 Å². The summed E-state index contributed by atoms with van der Waals surface area (Å²) in [5, 5.41) is 3.44. The zero-order chi connectivity index (χ0) is 18.4. The van der Waals surface area contributed by atoms with Crippen molar-refractivity contribution in [2.45, 2.75) is 18.6 Å². The van der Waals surface area contributed by atoms with E-state index >= 15 is 0 Å². The molecule has 0 saturated heterocycles. The Morgan fingerprint density at radius 1 is 1.40 bits per heavy atom. The van der Waals surface area contributed by atoms with Gasteiger partial charge in [-0.05, 0) is 28.7 Å². The Hall–Kier alpha value is -1.93. The topological polar surface area (TPSA) is 95.4 Å². The van der Waals surface area contributed by atoms with Crippen molar-refractivity contribution in [3.63, 3.8) is 0 Å². The molecule has 1 aromatic carbocycles. The van der Waals surface area contributed by atoms with Crippen LogP contribution in [-0.4, -0.2) is 51.9 Å². The number of rotatable bonds is 7. The normalized spacial score (nSPS) is 18.1. The van der Waals surface area contributed by atoms with Crippen LogP contribution in [-0.2, 0) is 14.8 Å². The van der Waals surface area contributed by atoms with Crippen molar-refractivity contribution in [1.82, 2.24) is 4.31 Å². The standard InChI is InChI=1S/C16H21FN4O3S/c1-24-16(15(11-17)19-20-18)14-5-3-12(4-6-14)13-7-9-21(10-8-13)25(2,22)23/h3-7,15-16H,8-11H2,1-2H3/t15-,16-/m1/s1. The number of methoxy groups -OCH3 is 1. The highest BCUT2D eigenvalue weighted by molar-refractivity contribution is 7.88. The minimum atomic E-state index is -3.17. The highest BCUT2D eigenvalue weighted by atomic mass is 32.2. The summed E-state index contributed by atoms with van der Waals surface area (Å²) in [6.45, 7) is 0.00213. The average Bonchev–Trinajstić information content (AvgIpc) is 2.61. The van der Waals surface area contributed by atoms with Crippen molar-refractivity contribution in [1.29, 1.82) is 0 Å². The van der Waals surface area contributed by atoms with E-state index in [9.17, 15) is 12.8 Å². The van der Waals surface area contributed by atoms with Gasteiger partial charge in [0.1, 0.15) is 6.67 Å². The van der Waals surface area contributed by atoms with E-state index in [1.807, 2.05) is 30.3 Å². The first kappa shape index (κ1) is 19.4. The van der Waals surface area contributed by atoms with Crippen molar-refractivity contribution in [3.05, 3.63) is 51.9 Å². The fourth-order valence-electron chi connectivity index (χ4n) is 2.85. The van der Waals surface area contributed by atoms with Crippen molar-refractivity contribution >= 4 is 15.6 Å². The van der Waals surface area contributed by atoms with Gasteiger partial charge in [-0.1, -0.05) is 35.5 Å². The minimum absolute atomic E-state index is 0.359. The van der Waals surface area contributed by atoms with Crippen LogP contribution in [0.4, 0.5) is 4.39 Å². The van der Waals surface area contributed by atoms with Crippen LogP contribution in [0.25, 0.3) is 16.0 Å². The number of hydrogen-bond donors (Lipinski definition) is 0. The van der Waals surface area contributed by atoms with Crippen LogP contribution in [0.15, 0.2) is 35.5 Å². The lowest BCUT2D eigenvalue weighted by Gasteiger charge is -2.25. The lowest BCUT2D eigenvalue weighted by atomic mass is 9.96. The summed E-state index contributed by atoms with van der Waals surface area (Å²) in [6, 6.07) is 6.47. The molecule has 0 fully saturated rings. The molecule has 25 heavy (non-hydrogen) atoms. The molecule has 0 N–H and O–H groups in total. The molecule has 0 saturated carbocycles. The molecule has 0 aromatic heterocycles. The van der Waals surface area contributed by atoms with Gasteiger partial charge >= 0.3 is 0 Å². The quantitative estimate of drug-likeness (QED) is 0.420. The lowest BCUT2D eigenvalue weighted by molar-refractivity contribution is 0.0722. The minimum Gasteiger partial charge on any atom is -0.376 e. The number of benzene rings is 1. The lowest BCUT2D eigenvalue weighted by Crippen LogP contribution is -2.33. The Labute approximate surface area is 146 Å². The third-order valence-corrected chi connectivity index (χ3v) is 5.48. The maximum Gasteiger partial charge on any atom is 0.211 e. The maximum absolute atomic E-state index is 13.1. The van der Waals surface area contributed by atoms with E-state index in [2.05, 4.69) is 10.0 Å². The molecule has 2 rings (SSSR count). The summed E-state index contributed by atoms with van der Waals surface area (Å²) in [5.74, 6) is 0. The van der Waals surface area contributed by atoms with E-state index in [4.69, 9.17) is 10.3 Å². The summed E-state index contributed by atoms with van der Waals surface area (Å²) in [4.78, 5) is 2.66. The Kier molecular flexibility index (Phi) is 6.55. The number of ether oxygens (including phenoxy) is 1. The Morgan fingerprint density at radius 3 is 2.52 bits per heavy atom. The molecule has 136 valence electrons. The Bertz CT molecular complexity index is 773. The molecule has 1 heterocycles. The Morgan fingerprint density at radius 2 is 2.08 bits per heavy atom. The summed E-state index contributed by atoms with van der Waals surface area (Å²) < 4.78 is 42.9. The molecule has 0 unspecified atom stereocenters. The second kappa shape index (κ2) is 8.44. The molecule has 2 atom stereocenters. The fourth-order valence-corrected chi connectivity index (χ4v) is 3.62. The van der Waals surface area contributed by atoms with Gasteiger partial charge in [-0.2, -0.15) is 4.31 Å². The third kappa shape index (κ3) is 4.79. The van der Waals surface area contributed by atoms with Gasteiger partial charge in [0.15, 0.2) is 0 Å². The van der Waals surface area contributed by atoms with Crippen molar-refractivity contribution in [2.75, 3.05) is 33.1 Å². The average molecular weight is 368 g/mol. The predicted octanol–water partition coefficient (Wildman–Crippen LogP) is 3.07. The van der Waals surface area contributed by atoms with Gasteiger partial charge in [0.2, 0.25) is 10.0 Å². The molecule has 1 aliphatic heterocycles. The van der Waals surface area contributed by atoms with Gasteiger partial charge < -0.3 is 4.74 Å². The summed E-state index contributed by atoms with van der Waals surface area (Å²) in [7, 11) is -1.73. The van der Waals surface area contributed by atoms with Gasteiger partial charge in [0.05, 0.1) is 18.4 Å². The zero-order valence-corrected chi connectivity index (χ0v) is 15.0. The maximum atomic E-state index is 13.1. The molecular formula is C16H21FN4O3S. The molecule has 0 bridgehead atoms. The zero-order valence-electron chi connectivity index (χ0n) is 14.2. The largest absolute Gasteiger partial charge is 0.376 e. The molecule has 0 radical (unpaired) electrons. The smallest absolute Gasteiger partial charge is 0.211 e. The molecule has 0 amide bonds. The Balaban J connectivity index is 2.17. The summed E-state index contributed by atoms with van der Waals surface area (Å²) >= 11 is 0. The number of azide groups is 1. The number of nitrogens with zero attached hydrogens (tertiary/aromatic N) is 4. The second-order valence-electron chi connectivity index (χ2n) is 5.81. The number of hydrogen-bond acceptors (Lipinski definition) is 4. The van der Waals surface area contributed by atoms with E-state index in [0.717, 1.165) is 16.7 Å². The van der Waals surface area contributed by atoms with Crippen LogP contribution in [0.2, 0.25) is 0 Å². The second-order valence-corrected chi connectivity index (χ2v) is 7.79. The number of sulfonamides is 1. The molecule has 9 heteroatoms.